The van der Waals surface area contributed by atoms with Crippen LogP contribution in [0.15, 0.2) is 30.3 Å². The number of aryl methyl sites for hydroxylation is 1. The third-order valence-electron chi connectivity index (χ3n) is 5.27. The Morgan fingerprint density at radius 3 is 2.13 bits per heavy atom. The lowest BCUT2D eigenvalue weighted by Crippen LogP contribution is -2.32. The highest BCUT2D eigenvalue weighted by molar-refractivity contribution is 6.76. The second-order valence-electron chi connectivity index (χ2n) is 10.8. The minimum absolute atomic E-state index is 0.167. The number of ether oxygens (including phenoxy) is 2. The molecule has 0 fully saturated rings. The molecule has 0 aromatic heterocycles. The summed E-state index contributed by atoms with van der Waals surface area (Å²) in [4.78, 5) is 25.9. The molecule has 4 nitrogen and oxygen atoms in total. The van der Waals surface area contributed by atoms with Crippen molar-refractivity contribution >= 4 is 20.0 Å². The van der Waals surface area contributed by atoms with Crippen LogP contribution in [-0.4, -0.2) is 32.2 Å². The Kier molecular flexibility index (Phi) is 11.5. The zero-order valence-corrected chi connectivity index (χ0v) is 21.8. The fraction of sp³-hybridized carbons (Fsp3) is 0.692. The van der Waals surface area contributed by atoms with Gasteiger partial charge in [-0.05, 0) is 58.1 Å². The first-order valence-corrected chi connectivity index (χ1v) is 15.6. The van der Waals surface area contributed by atoms with E-state index in [9.17, 15) is 9.59 Å². The maximum atomic E-state index is 13.0. The maximum absolute atomic E-state index is 13.0. The predicted octanol–water partition coefficient (Wildman–Crippen LogP) is 6.66. The smallest absolute Gasteiger partial charge is 0.309 e. The lowest BCUT2D eigenvalue weighted by molar-refractivity contribution is -0.162. The van der Waals surface area contributed by atoms with Gasteiger partial charge in [0.15, 0.2) is 0 Å². The van der Waals surface area contributed by atoms with Gasteiger partial charge in [-0.15, -0.1) is 0 Å². The Labute approximate surface area is 191 Å². The minimum Gasteiger partial charge on any atom is -0.466 e. The van der Waals surface area contributed by atoms with E-state index in [1.54, 1.807) is 0 Å². The van der Waals surface area contributed by atoms with E-state index < -0.39 is 13.7 Å². The van der Waals surface area contributed by atoms with E-state index in [0.717, 1.165) is 31.7 Å². The average molecular weight is 449 g/mol. The second kappa shape index (κ2) is 13.0. The number of benzene rings is 1. The van der Waals surface area contributed by atoms with Crippen LogP contribution in [0.25, 0.3) is 0 Å². The number of unbranched alkanes of at least 4 members (excludes halogenated alkanes) is 1. The largest absolute Gasteiger partial charge is 0.466 e. The van der Waals surface area contributed by atoms with Crippen molar-refractivity contribution in [3.63, 3.8) is 0 Å². The van der Waals surface area contributed by atoms with Gasteiger partial charge in [-0.2, -0.15) is 0 Å². The highest BCUT2D eigenvalue weighted by Crippen LogP contribution is 2.27. The Morgan fingerprint density at radius 2 is 1.58 bits per heavy atom. The first-order chi connectivity index (χ1) is 14.4. The van der Waals surface area contributed by atoms with E-state index in [1.807, 2.05) is 39.0 Å². The third-order valence-corrected chi connectivity index (χ3v) is 6.97. The molecule has 31 heavy (non-hydrogen) atoms. The summed E-state index contributed by atoms with van der Waals surface area (Å²) in [6.45, 7) is 15.1. The maximum Gasteiger partial charge on any atom is 0.309 e. The molecule has 0 radical (unpaired) electrons. The third kappa shape index (κ3) is 12.7. The molecule has 0 aliphatic carbocycles. The lowest BCUT2D eigenvalue weighted by Gasteiger charge is -2.26. The van der Waals surface area contributed by atoms with Crippen molar-refractivity contribution < 1.29 is 19.1 Å². The molecule has 0 amide bonds. The van der Waals surface area contributed by atoms with Crippen molar-refractivity contribution in [3.05, 3.63) is 35.9 Å². The Hall–Kier alpha value is -1.62. The number of rotatable bonds is 13. The number of esters is 2. The van der Waals surface area contributed by atoms with Gasteiger partial charge in [-0.25, -0.2) is 0 Å². The summed E-state index contributed by atoms with van der Waals surface area (Å²) in [5.74, 6) is -0.930. The van der Waals surface area contributed by atoms with Crippen LogP contribution in [-0.2, 0) is 25.5 Å². The van der Waals surface area contributed by atoms with Gasteiger partial charge < -0.3 is 9.47 Å². The highest BCUT2D eigenvalue weighted by atomic mass is 28.3. The average Bonchev–Trinajstić information content (AvgIpc) is 2.65. The van der Waals surface area contributed by atoms with Gasteiger partial charge in [-0.1, -0.05) is 69.7 Å². The first kappa shape index (κ1) is 27.4. The molecule has 1 aromatic rings. The van der Waals surface area contributed by atoms with E-state index in [4.69, 9.17) is 9.47 Å². The number of carbonyl (C=O) groups is 2. The normalized spacial score (nSPS) is 14.0. The van der Waals surface area contributed by atoms with Crippen molar-refractivity contribution in [3.8, 4) is 0 Å². The SMILES string of the molecule is CCCC[C@@H](C[C@@H](CCc1ccccc1)C(=O)OCC[Si](C)(C)C)C(=O)OC(C)(C)C. The zero-order chi connectivity index (χ0) is 23.5. The van der Waals surface area contributed by atoms with Crippen LogP contribution in [0.4, 0.5) is 0 Å². The lowest BCUT2D eigenvalue weighted by atomic mass is 9.87. The van der Waals surface area contributed by atoms with Crippen LogP contribution in [0.5, 0.6) is 0 Å². The zero-order valence-electron chi connectivity index (χ0n) is 20.8. The summed E-state index contributed by atoms with van der Waals surface area (Å²) < 4.78 is 11.4. The van der Waals surface area contributed by atoms with Crippen LogP contribution in [0.2, 0.25) is 25.7 Å². The van der Waals surface area contributed by atoms with Crippen LogP contribution >= 0.6 is 0 Å². The molecule has 0 aliphatic rings. The Bertz CT molecular complexity index is 658. The van der Waals surface area contributed by atoms with Crippen molar-refractivity contribution in [1.29, 1.82) is 0 Å². The molecule has 2 atom stereocenters. The van der Waals surface area contributed by atoms with Crippen molar-refractivity contribution in [2.24, 2.45) is 11.8 Å². The predicted molar refractivity (Wildman–Crippen MR) is 131 cm³/mol. The van der Waals surface area contributed by atoms with E-state index in [2.05, 4.69) is 38.7 Å². The topological polar surface area (TPSA) is 52.6 Å². The molecule has 176 valence electrons. The fourth-order valence-electron chi connectivity index (χ4n) is 3.40. The molecule has 0 bridgehead atoms. The van der Waals surface area contributed by atoms with Gasteiger partial charge in [0.2, 0.25) is 0 Å². The van der Waals surface area contributed by atoms with Gasteiger partial charge in [0.1, 0.15) is 5.60 Å². The van der Waals surface area contributed by atoms with E-state index in [1.165, 1.54) is 5.56 Å². The number of carbonyl (C=O) groups excluding carboxylic acids is 2. The first-order valence-electron chi connectivity index (χ1n) is 11.8. The number of hydrogen-bond donors (Lipinski definition) is 0. The Balaban J connectivity index is 2.90. The highest BCUT2D eigenvalue weighted by Gasteiger charge is 2.31. The molecule has 0 N–H and O–H groups in total. The van der Waals surface area contributed by atoms with Gasteiger partial charge in [0.05, 0.1) is 18.4 Å². The summed E-state index contributed by atoms with van der Waals surface area (Å²) >= 11 is 0. The van der Waals surface area contributed by atoms with Gasteiger partial charge in [0.25, 0.3) is 0 Å². The molecule has 1 rings (SSSR count). The van der Waals surface area contributed by atoms with Gasteiger partial charge >= 0.3 is 11.9 Å². The molecular formula is C26H44O4Si. The van der Waals surface area contributed by atoms with E-state index >= 15 is 0 Å². The summed E-state index contributed by atoms with van der Waals surface area (Å²) in [6, 6.07) is 11.1. The fourth-order valence-corrected chi connectivity index (χ4v) is 4.12. The standard InChI is InChI=1S/C26H44O4Si/c1-8-9-15-22(25(28)30-26(2,3)4)20-23(17-16-21-13-11-10-12-14-21)24(27)29-18-19-31(5,6)7/h10-14,22-23H,8-9,15-20H2,1-7H3/t22-,23+/m0/s1. The molecule has 0 saturated carbocycles. The number of hydrogen-bond acceptors (Lipinski definition) is 4. The summed E-state index contributed by atoms with van der Waals surface area (Å²) in [7, 11) is -1.28. The molecular weight excluding hydrogens is 404 g/mol. The van der Waals surface area contributed by atoms with Crippen molar-refractivity contribution in [1.82, 2.24) is 0 Å². The molecule has 5 heteroatoms. The van der Waals surface area contributed by atoms with Crippen LogP contribution < -0.4 is 0 Å². The minimum atomic E-state index is -1.28. The summed E-state index contributed by atoms with van der Waals surface area (Å²) in [5.41, 5.74) is 0.670. The molecule has 1 aromatic carbocycles. The molecule has 0 unspecified atom stereocenters. The van der Waals surface area contributed by atoms with Crippen LogP contribution in [0, 0.1) is 11.8 Å². The van der Waals surface area contributed by atoms with Crippen molar-refractivity contribution in [2.45, 2.75) is 97.5 Å². The molecule has 0 spiro atoms. The van der Waals surface area contributed by atoms with Gasteiger partial charge in [0, 0.05) is 8.07 Å². The molecule has 0 aliphatic heterocycles. The van der Waals surface area contributed by atoms with Crippen molar-refractivity contribution in [2.75, 3.05) is 6.61 Å². The monoisotopic (exact) mass is 448 g/mol. The Morgan fingerprint density at radius 1 is 0.968 bits per heavy atom. The molecule has 0 saturated heterocycles. The van der Waals surface area contributed by atoms with Crippen LogP contribution in [0.1, 0.15) is 65.4 Å². The van der Waals surface area contributed by atoms with E-state index in [0.29, 0.717) is 19.4 Å². The summed E-state index contributed by atoms with van der Waals surface area (Å²) in [6.07, 6.45) is 4.67. The van der Waals surface area contributed by atoms with Crippen LogP contribution in [0.3, 0.4) is 0 Å². The molecule has 0 heterocycles. The van der Waals surface area contributed by atoms with E-state index in [-0.39, 0.29) is 23.8 Å². The van der Waals surface area contributed by atoms with Gasteiger partial charge in [-0.3, -0.25) is 9.59 Å². The second-order valence-corrected chi connectivity index (χ2v) is 16.4. The summed E-state index contributed by atoms with van der Waals surface area (Å²) in [5, 5.41) is 0. The quantitative estimate of drug-likeness (QED) is 0.250.